The molecule has 650 valence electrons. The van der Waals surface area contributed by atoms with Crippen LogP contribution in [-0.4, -0.2) is 149 Å². The molecular formula is C77H81BBrCl5F9N9O15S3. The van der Waals surface area contributed by atoms with Gasteiger partial charge in [0.15, 0.2) is 39.3 Å². The minimum Gasteiger partial charge on any atom is -0.493 e. The number of aliphatic hydroxyl groups excluding tert-OH is 1. The summed E-state index contributed by atoms with van der Waals surface area (Å²) >= 11 is 32.1. The van der Waals surface area contributed by atoms with E-state index in [2.05, 4.69) is 47.8 Å². The molecule has 0 saturated heterocycles. The van der Waals surface area contributed by atoms with Crippen molar-refractivity contribution >= 4 is 110 Å². The van der Waals surface area contributed by atoms with Crippen molar-refractivity contribution in [3.05, 3.63) is 233 Å². The first kappa shape index (κ1) is 102. The molecule has 0 spiro atoms. The summed E-state index contributed by atoms with van der Waals surface area (Å²) in [6.45, 7) is 2.85. The van der Waals surface area contributed by atoms with E-state index in [1.54, 1.807) is 54.6 Å². The zero-order valence-electron chi connectivity index (χ0n) is 65.0. The van der Waals surface area contributed by atoms with Crippen LogP contribution in [0.25, 0.3) is 33.8 Å². The van der Waals surface area contributed by atoms with E-state index >= 15 is 0 Å². The maximum absolute atomic E-state index is 13.8. The van der Waals surface area contributed by atoms with Crippen LogP contribution in [0.3, 0.4) is 0 Å². The summed E-state index contributed by atoms with van der Waals surface area (Å²) in [7, 11) is 0.370. The minimum atomic E-state index is -4.93. The van der Waals surface area contributed by atoms with Crippen LogP contribution < -0.4 is 45.1 Å². The van der Waals surface area contributed by atoms with Crippen molar-refractivity contribution in [2.45, 2.75) is 101 Å². The molecule has 2 N–H and O–H groups in total. The normalized spacial score (nSPS) is 11.3. The van der Waals surface area contributed by atoms with Crippen LogP contribution in [0.5, 0.6) is 34.5 Å². The van der Waals surface area contributed by atoms with Gasteiger partial charge in [-0.3, -0.25) is 14.4 Å². The van der Waals surface area contributed by atoms with Crippen molar-refractivity contribution in [2.75, 3.05) is 78.0 Å². The number of pyridine rings is 3. The zero-order valence-corrected chi connectivity index (χ0v) is 72.9. The second kappa shape index (κ2) is 49.3. The minimum absolute atomic E-state index is 0.0159. The Morgan fingerprint density at radius 1 is 0.475 bits per heavy atom. The first-order valence-electron chi connectivity index (χ1n) is 35.4. The molecular weight excluding hydrogens is 1830 g/mol. The largest absolute Gasteiger partial charge is 0.493 e. The van der Waals surface area contributed by atoms with Crippen LogP contribution in [-0.2, 0) is 69.2 Å². The highest BCUT2D eigenvalue weighted by atomic mass is 79.9. The van der Waals surface area contributed by atoms with E-state index in [9.17, 15) is 70.7 Å². The molecule has 0 aliphatic heterocycles. The lowest BCUT2D eigenvalue weighted by molar-refractivity contribution is -0.142. The Morgan fingerprint density at radius 3 is 1.15 bits per heavy atom. The number of ether oxygens (including phenoxy) is 7. The maximum atomic E-state index is 13.8. The number of aromatic nitrogens is 9. The molecule has 0 radical (unpaired) electrons. The SMILES string of the molecule is CCCCBr.COc1ccc(Cn2cc(-c3cc(C(F)(F)F)[nH]c(=S)n3)ccc2=O)cc1OC.COc1ccc(Cn2cc(-c3cc(C(F)(F)F)nc(S(=O)(=O)CCCCO)n3)ccc2=O)cc1OC.COc1ccc(Cn2cc(-c3cc(C(F)(F)F)nc(S(=O)(=O)CCCCOCc4ccccc4)n3)ccc2=O)cc1OC.ClB(Cl)Cl.ClCCl. The number of halogens is 15. The average molecular weight is 1910 g/mol. The van der Waals surface area contributed by atoms with Crippen LogP contribution in [0.4, 0.5) is 39.5 Å². The van der Waals surface area contributed by atoms with Crippen LogP contribution in [0.2, 0.25) is 0 Å². The maximum Gasteiger partial charge on any atom is 0.450 e. The van der Waals surface area contributed by atoms with E-state index in [1.165, 1.54) is 118 Å². The van der Waals surface area contributed by atoms with Gasteiger partial charge in [0, 0.05) is 72.0 Å². The van der Waals surface area contributed by atoms with Gasteiger partial charge in [0.05, 0.1) is 103 Å². The predicted molar refractivity (Wildman–Crippen MR) is 448 cm³/mol. The summed E-state index contributed by atoms with van der Waals surface area (Å²) in [6, 6.07) is 34.4. The number of nitrogens with one attached hydrogen (secondary N) is 1. The van der Waals surface area contributed by atoms with Gasteiger partial charge >= 0.3 is 23.5 Å². The highest BCUT2D eigenvalue weighted by Gasteiger charge is 2.38. The van der Waals surface area contributed by atoms with Gasteiger partial charge in [0.25, 0.3) is 16.7 Å². The monoisotopic (exact) mass is 1900 g/mol. The number of aromatic amines is 1. The lowest BCUT2D eigenvalue weighted by Crippen LogP contribution is -2.20. The summed E-state index contributed by atoms with van der Waals surface area (Å²) < 4.78 is 213. The number of alkyl halides is 12. The summed E-state index contributed by atoms with van der Waals surface area (Å²) in [5, 5.41) is 8.32. The Kier molecular flexibility index (Phi) is 41.8. The molecule has 0 unspecified atom stereocenters. The number of hydrogen-bond donors (Lipinski definition) is 2. The smallest absolute Gasteiger partial charge is 0.450 e. The van der Waals surface area contributed by atoms with Crippen molar-refractivity contribution in [3.8, 4) is 68.3 Å². The van der Waals surface area contributed by atoms with Crippen molar-refractivity contribution in [1.29, 1.82) is 0 Å². The van der Waals surface area contributed by atoms with E-state index in [-0.39, 0.29) is 96.0 Å². The Morgan fingerprint density at radius 2 is 0.833 bits per heavy atom. The van der Waals surface area contributed by atoms with Gasteiger partial charge in [-0.2, -0.15) is 73.9 Å². The Bertz CT molecular complexity index is 5460. The van der Waals surface area contributed by atoms with Crippen molar-refractivity contribution < 1.29 is 94.6 Å². The second-order valence-electron chi connectivity index (χ2n) is 24.7. The molecule has 0 saturated carbocycles. The lowest BCUT2D eigenvalue weighted by Gasteiger charge is -2.13. The van der Waals surface area contributed by atoms with Crippen LogP contribution in [0.15, 0.2) is 183 Å². The first-order chi connectivity index (χ1) is 56.7. The Hall–Kier alpha value is -8.83. The number of rotatable bonds is 30. The highest BCUT2D eigenvalue weighted by molar-refractivity contribution is 9.09. The fourth-order valence-electron chi connectivity index (χ4n) is 10.4. The van der Waals surface area contributed by atoms with Crippen molar-refractivity contribution in [1.82, 2.24) is 43.6 Å². The van der Waals surface area contributed by atoms with Gasteiger partial charge in [0.2, 0.25) is 30.0 Å². The Balaban J connectivity index is 0.000000303. The molecule has 4 aromatic carbocycles. The molecule has 0 aliphatic carbocycles. The lowest BCUT2D eigenvalue weighted by atomic mass is 10.1. The third kappa shape index (κ3) is 32.9. The van der Waals surface area contributed by atoms with E-state index < -0.39 is 93.2 Å². The van der Waals surface area contributed by atoms with Gasteiger partial charge in [-0.25, -0.2) is 41.8 Å². The number of hydrogen-bond acceptors (Lipinski definition) is 21. The van der Waals surface area contributed by atoms with E-state index in [4.69, 9.17) is 108 Å². The molecule has 43 heteroatoms. The number of sulfone groups is 2. The van der Waals surface area contributed by atoms with Crippen LogP contribution >= 0.6 is 85.7 Å². The third-order valence-electron chi connectivity index (χ3n) is 16.2. The molecule has 10 rings (SSSR count). The summed E-state index contributed by atoms with van der Waals surface area (Å²) in [5.74, 6) is 1.90. The van der Waals surface area contributed by atoms with Gasteiger partial charge in [-0.1, -0.05) is 77.8 Å². The molecule has 0 amide bonds. The molecule has 120 heavy (non-hydrogen) atoms. The second-order valence-corrected chi connectivity index (χ2v) is 32.7. The standard InChI is InChI=1S/C30H30F3N3O6S.C23H24F3N3O6S.C19H16F3N3O3S.C4H9Br.CH2Cl2.BCl3/c1-40-25-12-10-22(16-26(25)41-2)18-36-19-23(11-13-28(36)37)24-17-27(30(31,32)33)35-29(34-24)43(38,39)15-7-6-14-42-20-21-8-4-3-5-9-21;1-34-18-7-5-15(11-19(18)35-2)13-29-14-16(6-8-21(29)31)17-12-20(23(24,25)26)28-22(27-17)36(32,33)10-4-3-9-30;1-27-14-5-3-11(7-15(14)28-2)9-25-10-12(4-6-17(25)26)13-8-16(19(20,21)22)24-18(29)23-13;1-2-3-4-5;2-1-3;2-1(3)4/h3-5,8-13,16-17,19H,6-7,14-15,18,20H2,1-2H3;5-8,11-12,14,30H,3-4,9-10,13H2,1-2H3;3-8,10H,9H2,1-2H3,(H,23,24,29);2-4H2,1H3;1H2;. The molecule has 6 heterocycles. The van der Waals surface area contributed by atoms with Crippen LogP contribution in [0, 0.1) is 4.77 Å². The van der Waals surface area contributed by atoms with Gasteiger partial charge < -0.3 is 56.9 Å². The number of aliphatic hydroxyl groups is 1. The summed E-state index contributed by atoms with van der Waals surface area (Å²) in [4.78, 5) is 57.0. The fourth-order valence-corrected chi connectivity index (χ4v) is 13.7. The molecule has 0 bridgehead atoms. The van der Waals surface area contributed by atoms with Crippen molar-refractivity contribution in [3.63, 3.8) is 0 Å². The number of benzene rings is 4. The predicted octanol–water partition coefficient (Wildman–Crippen LogP) is 17.4. The fraction of sp³-hybridized carbons (Fsp3) is 0.338. The molecule has 0 fully saturated rings. The van der Waals surface area contributed by atoms with Gasteiger partial charge in [-0.15, -0.1) is 23.2 Å². The van der Waals surface area contributed by atoms with Gasteiger partial charge in [-0.05, 0) is 139 Å². The number of methoxy groups -OCH3 is 6. The molecule has 24 nitrogen and oxygen atoms in total. The number of nitrogens with zero attached hydrogens (tertiary/aromatic N) is 8. The van der Waals surface area contributed by atoms with Crippen LogP contribution in [0.1, 0.15) is 84.8 Å². The highest BCUT2D eigenvalue weighted by Crippen LogP contribution is 2.36. The summed E-state index contributed by atoms with van der Waals surface area (Å²) in [5.41, 5.74) is -2.03. The topological polar surface area (TPSA) is 299 Å². The molecule has 6 aromatic heterocycles. The summed E-state index contributed by atoms with van der Waals surface area (Å²) in [6.07, 6.45) is -7.09. The number of unbranched alkanes of at least 4 members (excludes halogenated alkanes) is 3. The molecule has 0 atom stereocenters. The van der Waals surface area contributed by atoms with E-state index in [1.807, 2.05) is 35.3 Å². The average Bonchev–Trinajstić information content (AvgIpc) is 0.789. The quantitative estimate of drug-likeness (QED) is 0.0106. The van der Waals surface area contributed by atoms with Gasteiger partial charge in [0.1, 0.15) is 17.1 Å². The number of H-pyrrole nitrogens is 1. The van der Waals surface area contributed by atoms with E-state index in [0.29, 0.717) is 76.3 Å². The van der Waals surface area contributed by atoms with E-state index in [0.717, 1.165) is 28.6 Å². The Labute approximate surface area is 723 Å². The third-order valence-corrected chi connectivity index (χ3v) is 20.1. The zero-order chi connectivity index (χ0) is 89.1. The van der Waals surface area contributed by atoms with Crippen molar-refractivity contribution in [2.24, 2.45) is 0 Å². The molecule has 10 aromatic rings. The first-order valence-corrected chi connectivity index (χ1v) is 42.6. The molecule has 0 aliphatic rings.